The standard InChI is InChI=1S/C21H15Cl2NO2/c22-16-8-4-7-15(11-16)21(26)18-12-17(23)9-10-19(18)24(20(21)25)13-14-5-2-1-3-6-14/h1-12,26H,13H2/t21-/m1/s1. The molecule has 0 spiro atoms. The van der Waals surface area contributed by atoms with Crippen molar-refractivity contribution in [2.24, 2.45) is 0 Å². The van der Waals surface area contributed by atoms with Crippen molar-refractivity contribution in [3.63, 3.8) is 0 Å². The Labute approximate surface area is 161 Å². The number of anilines is 1. The largest absolute Gasteiger partial charge is 0.372 e. The van der Waals surface area contributed by atoms with E-state index >= 15 is 0 Å². The van der Waals surface area contributed by atoms with Gasteiger partial charge in [-0.3, -0.25) is 4.79 Å². The summed E-state index contributed by atoms with van der Waals surface area (Å²) in [4.78, 5) is 14.9. The first-order valence-electron chi connectivity index (χ1n) is 8.14. The summed E-state index contributed by atoms with van der Waals surface area (Å²) >= 11 is 12.3. The van der Waals surface area contributed by atoms with Crippen LogP contribution in [0.25, 0.3) is 0 Å². The molecule has 1 aliphatic heterocycles. The summed E-state index contributed by atoms with van der Waals surface area (Å²) in [6.07, 6.45) is 0. The second-order valence-corrected chi connectivity index (χ2v) is 7.13. The highest BCUT2D eigenvalue weighted by Crippen LogP contribution is 2.46. The number of benzene rings is 3. The molecular formula is C21H15Cl2NO2. The molecule has 0 saturated heterocycles. The van der Waals surface area contributed by atoms with Crippen LogP contribution in [0.15, 0.2) is 72.8 Å². The predicted octanol–water partition coefficient (Wildman–Crippen LogP) is 4.78. The molecule has 1 heterocycles. The first-order chi connectivity index (χ1) is 12.5. The predicted molar refractivity (Wildman–Crippen MR) is 104 cm³/mol. The summed E-state index contributed by atoms with van der Waals surface area (Å²) in [7, 11) is 0. The highest BCUT2D eigenvalue weighted by molar-refractivity contribution is 6.31. The van der Waals surface area contributed by atoms with Crippen LogP contribution in [0.5, 0.6) is 0 Å². The Morgan fingerprint density at radius 1 is 0.885 bits per heavy atom. The highest BCUT2D eigenvalue weighted by Gasteiger charge is 2.51. The average molecular weight is 384 g/mol. The molecular weight excluding hydrogens is 369 g/mol. The lowest BCUT2D eigenvalue weighted by Crippen LogP contribution is -2.40. The van der Waals surface area contributed by atoms with Gasteiger partial charge in [0.25, 0.3) is 5.91 Å². The van der Waals surface area contributed by atoms with Crippen LogP contribution in [0.3, 0.4) is 0 Å². The van der Waals surface area contributed by atoms with Crippen molar-refractivity contribution >= 4 is 34.8 Å². The van der Waals surface area contributed by atoms with E-state index in [4.69, 9.17) is 23.2 Å². The lowest BCUT2D eigenvalue weighted by molar-refractivity contribution is -0.132. The minimum atomic E-state index is -1.82. The Morgan fingerprint density at radius 3 is 2.35 bits per heavy atom. The SMILES string of the molecule is O=C1N(Cc2ccccc2)c2ccc(Cl)cc2[C@]1(O)c1cccc(Cl)c1. The van der Waals surface area contributed by atoms with Crippen LogP contribution in [-0.2, 0) is 16.9 Å². The molecule has 1 aliphatic rings. The molecule has 3 aromatic rings. The lowest BCUT2D eigenvalue weighted by Gasteiger charge is -2.24. The van der Waals surface area contributed by atoms with Gasteiger partial charge in [0.05, 0.1) is 12.2 Å². The van der Waals surface area contributed by atoms with Gasteiger partial charge in [-0.25, -0.2) is 0 Å². The van der Waals surface area contributed by atoms with Crippen LogP contribution < -0.4 is 4.90 Å². The Bertz CT molecular complexity index is 990. The second kappa shape index (κ2) is 6.44. The number of rotatable bonds is 3. The van der Waals surface area contributed by atoms with Gasteiger partial charge in [-0.05, 0) is 41.5 Å². The molecule has 3 aromatic carbocycles. The number of hydrogen-bond acceptors (Lipinski definition) is 2. The molecule has 4 rings (SSSR count). The lowest BCUT2D eigenvalue weighted by atomic mass is 9.87. The summed E-state index contributed by atoms with van der Waals surface area (Å²) in [6.45, 7) is 0.358. The second-order valence-electron chi connectivity index (χ2n) is 6.26. The average Bonchev–Trinajstić information content (AvgIpc) is 2.85. The maximum Gasteiger partial charge on any atom is 0.268 e. The van der Waals surface area contributed by atoms with Crippen molar-refractivity contribution < 1.29 is 9.90 Å². The quantitative estimate of drug-likeness (QED) is 0.706. The van der Waals surface area contributed by atoms with Crippen molar-refractivity contribution in [1.82, 2.24) is 0 Å². The van der Waals surface area contributed by atoms with Gasteiger partial charge >= 0.3 is 0 Å². The third-order valence-corrected chi connectivity index (χ3v) is 5.09. The maximum absolute atomic E-state index is 13.3. The van der Waals surface area contributed by atoms with Crippen molar-refractivity contribution in [3.05, 3.63) is 99.5 Å². The first kappa shape index (κ1) is 17.1. The van der Waals surface area contributed by atoms with E-state index in [9.17, 15) is 9.90 Å². The smallest absolute Gasteiger partial charge is 0.268 e. The van der Waals surface area contributed by atoms with E-state index in [2.05, 4.69) is 0 Å². The number of hydrogen-bond donors (Lipinski definition) is 1. The summed E-state index contributed by atoms with van der Waals surface area (Å²) in [5.41, 5.74) is 0.685. The number of carbonyl (C=O) groups excluding carboxylic acids is 1. The fraction of sp³-hybridized carbons (Fsp3) is 0.0952. The monoisotopic (exact) mass is 383 g/mol. The van der Waals surface area contributed by atoms with Gasteiger partial charge in [-0.2, -0.15) is 0 Å². The maximum atomic E-state index is 13.3. The molecule has 1 atom stereocenters. The zero-order chi connectivity index (χ0) is 18.3. The van der Waals surface area contributed by atoms with Crippen LogP contribution in [0.2, 0.25) is 10.0 Å². The number of fused-ring (bicyclic) bond motifs is 1. The Morgan fingerprint density at radius 2 is 1.62 bits per heavy atom. The van der Waals surface area contributed by atoms with Crippen LogP contribution in [0.1, 0.15) is 16.7 Å². The van der Waals surface area contributed by atoms with Gasteiger partial charge in [0.2, 0.25) is 0 Å². The first-order valence-corrected chi connectivity index (χ1v) is 8.90. The minimum absolute atomic E-state index is 0.358. The van der Waals surface area contributed by atoms with Crippen molar-refractivity contribution in [1.29, 1.82) is 0 Å². The van der Waals surface area contributed by atoms with Crippen molar-refractivity contribution in [3.8, 4) is 0 Å². The molecule has 0 aromatic heterocycles. The molecule has 1 amide bonds. The van der Waals surface area contributed by atoms with Crippen LogP contribution in [0, 0.1) is 0 Å². The molecule has 0 fully saturated rings. The third-order valence-electron chi connectivity index (χ3n) is 4.62. The number of carbonyl (C=O) groups is 1. The summed E-state index contributed by atoms with van der Waals surface area (Å²) in [5.74, 6) is -0.416. The van der Waals surface area contributed by atoms with E-state index in [0.717, 1.165) is 5.56 Å². The Kier molecular flexibility index (Phi) is 4.23. The summed E-state index contributed by atoms with van der Waals surface area (Å²) in [6, 6.07) is 21.5. The molecule has 1 N–H and O–H groups in total. The van der Waals surface area contributed by atoms with Gasteiger partial charge in [0.1, 0.15) is 0 Å². The van der Waals surface area contributed by atoms with Crippen molar-refractivity contribution in [2.75, 3.05) is 4.90 Å². The van der Waals surface area contributed by atoms with Crippen LogP contribution >= 0.6 is 23.2 Å². The molecule has 26 heavy (non-hydrogen) atoms. The molecule has 0 saturated carbocycles. The summed E-state index contributed by atoms with van der Waals surface area (Å²) < 4.78 is 0. The van der Waals surface area contributed by atoms with E-state index in [1.54, 1.807) is 47.4 Å². The topological polar surface area (TPSA) is 40.5 Å². The molecule has 0 radical (unpaired) electrons. The fourth-order valence-electron chi connectivity index (χ4n) is 3.37. The zero-order valence-corrected chi connectivity index (χ0v) is 15.2. The van der Waals surface area contributed by atoms with Crippen molar-refractivity contribution in [2.45, 2.75) is 12.1 Å². The fourth-order valence-corrected chi connectivity index (χ4v) is 3.73. The normalized spacial score (nSPS) is 18.9. The molecule has 5 heteroatoms. The summed E-state index contributed by atoms with van der Waals surface area (Å²) in [5, 5.41) is 12.4. The molecule has 130 valence electrons. The minimum Gasteiger partial charge on any atom is -0.372 e. The Balaban J connectivity index is 1.87. The van der Waals surface area contributed by atoms with Gasteiger partial charge in [-0.15, -0.1) is 0 Å². The molecule has 0 aliphatic carbocycles. The zero-order valence-electron chi connectivity index (χ0n) is 13.7. The van der Waals surface area contributed by atoms with Crippen LogP contribution in [0.4, 0.5) is 5.69 Å². The van der Waals surface area contributed by atoms with E-state index in [1.807, 2.05) is 30.3 Å². The third kappa shape index (κ3) is 2.69. The molecule has 0 bridgehead atoms. The molecule has 3 nitrogen and oxygen atoms in total. The number of nitrogens with zero attached hydrogens (tertiary/aromatic N) is 1. The number of amides is 1. The molecule has 0 unspecified atom stereocenters. The Hall–Kier alpha value is -2.33. The number of aliphatic hydroxyl groups is 1. The number of halogens is 2. The van der Waals surface area contributed by atoms with Gasteiger partial charge in [0, 0.05) is 15.6 Å². The van der Waals surface area contributed by atoms with E-state index in [-0.39, 0.29) is 0 Å². The van der Waals surface area contributed by atoms with Gasteiger partial charge in [-0.1, -0.05) is 65.7 Å². The highest BCUT2D eigenvalue weighted by atomic mass is 35.5. The van der Waals surface area contributed by atoms with Crippen LogP contribution in [-0.4, -0.2) is 11.0 Å². The van der Waals surface area contributed by atoms with Gasteiger partial charge < -0.3 is 10.0 Å². The van der Waals surface area contributed by atoms with E-state index in [0.29, 0.717) is 33.4 Å². The van der Waals surface area contributed by atoms with E-state index in [1.165, 1.54) is 0 Å². The van der Waals surface area contributed by atoms with E-state index < -0.39 is 11.5 Å². The van der Waals surface area contributed by atoms with Gasteiger partial charge in [0.15, 0.2) is 5.60 Å².